The summed E-state index contributed by atoms with van der Waals surface area (Å²) in [5.74, 6) is 0.709. The Labute approximate surface area is 130 Å². The number of piperidine rings is 1. The van der Waals surface area contributed by atoms with Gasteiger partial charge in [0.15, 0.2) is 0 Å². The van der Waals surface area contributed by atoms with Crippen LogP contribution < -0.4 is 15.5 Å². The lowest BCUT2D eigenvalue weighted by atomic mass is 10.1. The maximum atomic E-state index is 12.2. The zero-order valence-corrected chi connectivity index (χ0v) is 12.8. The fourth-order valence-corrected chi connectivity index (χ4v) is 3.53. The molecule has 6 nitrogen and oxygen atoms in total. The van der Waals surface area contributed by atoms with E-state index in [2.05, 4.69) is 25.5 Å². The Balaban J connectivity index is 1.37. The van der Waals surface area contributed by atoms with Gasteiger partial charge in [-0.3, -0.25) is 4.79 Å². The Hall–Kier alpha value is -1.69. The molecule has 22 heavy (non-hydrogen) atoms. The molecule has 1 spiro atoms. The van der Waals surface area contributed by atoms with Crippen LogP contribution in [0.5, 0.6) is 0 Å². The Kier molecular flexibility index (Phi) is 3.48. The van der Waals surface area contributed by atoms with Crippen molar-refractivity contribution in [3.8, 4) is 0 Å². The summed E-state index contributed by atoms with van der Waals surface area (Å²) in [6.45, 7) is 4.06. The number of hydrogen-bond donors (Lipinski definition) is 2. The molecule has 1 aromatic heterocycles. The second-order valence-corrected chi connectivity index (χ2v) is 6.94. The molecule has 6 heteroatoms. The third-order valence-corrected chi connectivity index (χ3v) is 5.25. The number of nitrogens with zero attached hydrogens (tertiary/aromatic N) is 3. The van der Waals surface area contributed by atoms with Gasteiger partial charge in [-0.25, -0.2) is 9.97 Å². The summed E-state index contributed by atoms with van der Waals surface area (Å²) >= 11 is 0. The first-order valence-electron chi connectivity index (χ1n) is 8.33. The van der Waals surface area contributed by atoms with E-state index in [0.717, 1.165) is 45.0 Å². The lowest BCUT2D eigenvalue weighted by Gasteiger charge is -2.23. The van der Waals surface area contributed by atoms with Crippen LogP contribution in [0, 0.1) is 5.41 Å². The van der Waals surface area contributed by atoms with Crippen molar-refractivity contribution in [2.75, 3.05) is 31.1 Å². The predicted molar refractivity (Wildman–Crippen MR) is 83.9 cm³/mol. The molecule has 2 saturated heterocycles. The van der Waals surface area contributed by atoms with Crippen LogP contribution in [0.4, 0.5) is 5.95 Å². The standard InChI is InChI=1S/C16H23N5O/c22-14(20-13-1-6-17-7-2-13)12-9-18-15(19-10-12)21-8-5-16(11-21)3-4-16/h9-10,13,17H,1-8,11H2,(H,20,22). The van der Waals surface area contributed by atoms with Crippen molar-refractivity contribution >= 4 is 11.9 Å². The largest absolute Gasteiger partial charge is 0.349 e. The SMILES string of the molecule is O=C(NC1CCNCC1)c1cnc(N2CCC3(CC3)C2)nc1. The molecule has 3 heterocycles. The van der Waals surface area contributed by atoms with Gasteiger partial charge in [0.05, 0.1) is 5.56 Å². The Morgan fingerprint density at radius 1 is 1.23 bits per heavy atom. The highest BCUT2D eigenvalue weighted by atomic mass is 16.1. The van der Waals surface area contributed by atoms with Crippen molar-refractivity contribution in [2.24, 2.45) is 5.41 Å². The van der Waals surface area contributed by atoms with Crippen molar-refractivity contribution in [1.29, 1.82) is 0 Å². The van der Waals surface area contributed by atoms with Crippen molar-refractivity contribution in [3.63, 3.8) is 0 Å². The van der Waals surface area contributed by atoms with Crippen LogP contribution in [0.3, 0.4) is 0 Å². The normalized spacial score (nSPS) is 23.7. The monoisotopic (exact) mass is 301 g/mol. The molecule has 1 amide bonds. The van der Waals surface area contributed by atoms with Gasteiger partial charge in [-0.2, -0.15) is 0 Å². The second kappa shape index (κ2) is 5.50. The van der Waals surface area contributed by atoms with Gasteiger partial charge in [-0.15, -0.1) is 0 Å². The number of carbonyl (C=O) groups excluding carboxylic acids is 1. The highest BCUT2D eigenvalue weighted by molar-refractivity contribution is 5.93. The minimum absolute atomic E-state index is 0.0569. The number of anilines is 1. The molecule has 3 aliphatic rings. The van der Waals surface area contributed by atoms with Gasteiger partial charge in [0, 0.05) is 31.5 Å². The molecule has 3 fully saturated rings. The summed E-state index contributed by atoms with van der Waals surface area (Å²) in [5, 5.41) is 6.37. The summed E-state index contributed by atoms with van der Waals surface area (Å²) in [6, 6.07) is 0.265. The fourth-order valence-electron chi connectivity index (χ4n) is 3.53. The zero-order chi connectivity index (χ0) is 15.0. The van der Waals surface area contributed by atoms with Crippen molar-refractivity contribution < 1.29 is 4.79 Å². The topological polar surface area (TPSA) is 70.2 Å². The fraction of sp³-hybridized carbons (Fsp3) is 0.688. The number of rotatable bonds is 3. The van der Waals surface area contributed by atoms with E-state index in [1.54, 1.807) is 12.4 Å². The number of aromatic nitrogens is 2. The Morgan fingerprint density at radius 3 is 2.59 bits per heavy atom. The third kappa shape index (κ3) is 2.79. The molecule has 2 aliphatic heterocycles. The van der Waals surface area contributed by atoms with Gasteiger partial charge in [-0.05, 0) is 50.6 Å². The highest BCUT2D eigenvalue weighted by Gasteiger charge is 2.48. The minimum atomic E-state index is -0.0569. The van der Waals surface area contributed by atoms with E-state index in [1.807, 2.05) is 0 Å². The van der Waals surface area contributed by atoms with E-state index >= 15 is 0 Å². The molecule has 0 unspecified atom stereocenters. The van der Waals surface area contributed by atoms with E-state index in [1.165, 1.54) is 19.3 Å². The van der Waals surface area contributed by atoms with Crippen molar-refractivity contribution in [3.05, 3.63) is 18.0 Å². The van der Waals surface area contributed by atoms with Crippen LogP contribution in [0.25, 0.3) is 0 Å². The first-order valence-corrected chi connectivity index (χ1v) is 8.33. The van der Waals surface area contributed by atoms with Crippen molar-refractivity contribution in [1.82, 2.24) is 20.6 Å². The average molecular weight is 301 g/mol. The molecule has 0 aromatic carbocycles. The molecule has 1 aromatic rings. The molecular weight excluding hydrogens is 278 g/mol. The number of nitrogens with one attached hydrogen (secondary N) is 2. The molecule has 0 bridgehead atoms. The molecule has 1 aliphatic carbocycles. The Bertz CT molecular complexity index is 548. The van der Waals surface area contributed by atoms with Crippen LogP contribution in [-0.4, -0.2) is 48.1 Å². The smallest absolute Gasteiger partial charge is 0.254 e. The van der Waals surface area contributed by atoms with E-state index < -0.39 is 0 Å². The van der Waals surface area contributed by atoms with Gasteiger partial charge < -0.3 is 15.5 Å². The summed E-state index contributed by atoms with van der Waals surface area (Å²) in [6.07, 6.45) is 9.25. The maximum absolute atomic E-state index is 12.2. The Morgan fingerprint density at radius 2 is 1.95 bits per heavy atom. The van der Waals surface area contributed by atoms with Crippen LogP contribution in [-0.2, 0) is 0 Å². The lowest BCUT2D eigenvalue weighted by Crippen LogP contribution is -2.42. The molecule has 118 valence electrons. The van der Waals surface area contributed by atoms with Gasteiger partial charge in [0.2, 0.25) is 5.95 Å². The molecule has 4 rings (SSSR count). The third-order valence-electron chi connectivity index (χ3n) is 5.25. The first-order chi connectivity index (χ1) is 10.7. The van der Waals surface area contributed by atoms with E-state index in [9.17, 15) is 4.79 Å². The van der Waals surface area contributed by atoms with Gasteiger partial charge >= 0.3 is 0 Å². The molecule has 1 saturated carbocycles. The second-order valence-electron chi connectivity index (χ2n) is 6.94. The molecule has 0 atom stereocenters. The molecular formula is C16H23N5O. The number of carbonyl (C=O) groups is 1. The molecule has 2 N–H and O–H groups in total. The average Bonchev–Trinajstić information content (AvgIpc) is 3.18. The maximum Gasteiger partial charge on any atom is 0.254 e. The van der Waals surface area contributed by atoms with Crippen LogP contribution in [0.2, 0.25) is 0 Å². The van der Waals surface area contributed by atoms with Crippen molar-refractivity contribution in [2.45, 2.75) is 38.1 Å². The van der Waals surface area contributed by atoms with Crippen LogP contribution >= 0.6 is 0 Å². The van der Waals surface area contributed by atoms with Gasteiger partial charge in [0.1, 0.15) is 0 Å². The quantitative estimate of drug-likeness (QED) is 0.870. The predicted octanol–water partition coefficient (Wildman–Crippen LogP) is 0.949. The summed E-state index contributed by atoms with van der Waals surface area (Å²) < 4.78 is 0. The number of hydrogen-bond acceptors (Lipinski definition) is 5. The molecule has 0 radical (unpaired) electrons. The summed E-state index contributed by atoms with van der Waals surface area (Å²) in [4.78, 5) is 23.3. The van der Waals surface area contributed by atoms with Crippen LogP contribution in [0.1, 0.15) is 42.5 Å². The van der Waals surface area contributed by atoms with Gasteiger partial charge in [0.25, 0.3) is 5.91 Å². The van der Waals surface area contributed by atoms with Crippen LogP contribution in [0.15, 0.2) is 12.4 Å². The van der Waals surface area contributed by atoms with E-state index in [4.69, 9.17) is 0 Å². The van der Waals surface area contributed by atoms with E-state index in [0.29, 0.717) is 11.0 Å². The minimum Gasteiger partial charge on any atom is -0.349 e. The highest BCUT2D eigenvalue weighted by Crippen LogP contribution is 2.52. The summed E-state index contributed by atoms with van der Waals surface area (Å²) in [7, 11) is 0. The first kappa shape index (κ1) is 13.9. The zero-order valence-electron chi connectivity index (χ0n) is 12.8. The van der Waals surface area contributed by atoms with E-state index in [-0.39, 0.29) is 11.9 Å². The number of amides is 1. The van der Waals surface area contributed by atoms with Gasteiger partial charge in [-0.1, -0.05) is 0 Å². The summed E-state index contributed by atoms with van der Waals surface area (Å²) in [5.41, 5.74) is 1.12. The lowest BCUT2D eigenvalue weighted by molar-refractivity contribution is 0.0929.